The summed E-state index contributed by atoms with van der Waals surface area (Å²) in [7, 11) is 3.07. The van der Waals surface area contributed by atoms with Gasteiger partial charge in [0.2, 0.25) is 10.0 Å². The van der Waals surface area contributed by atoms with E-state index in [0.29, 0.717) is 5.69 Å². The van der Waals surface area contributed by atoms with Gasteiger partial charge in [-0.1, -0.05) is 0 Å². The van der Waals surface area contributed by atoms with Crippen molar-refractivity contribution in [2.75, 3.05) is 51.6 Å². The normalized spacial score (nSPS) is 21.1. The molecule has 1 aliphatic heterocycles. The van der Waals surface area contributed by atoms with E-state index < -0.39 is 10.0 Å². The second-order valence-electron chi connectivity index (χ2n) is 7.69. The smallest absolute Gasteiger partial charge is 0.319 e. The molecular formula is C18H28N4O4S. The van der Waals surface area contributed by atoms with Crippen LogP contribution in [0.5, 0.6) is 0 Å². The minimum Gasteiger partial charge on any atom is -0.381 e. The summed E-state index contributed by atoms with van der Waals surface area (Å²) in [6.45, 7) is 1.49. The molecule has 1 unspecified atom stereocenters. The van der Waals surface area contributed by atoms with E-state index in [4.69, 9.17) is 4.74 Å². The van der Waals surface area contributed by atoms with Gasteiger partial charge in [0.05, 0.1) is 16.3 Å². The highest BCUT2D eigenvalue weighted by Gasteiger charge is 2.55. The molecule has 0 aromatic heterocycles. The Balaban J connectivity index is 1.75. The van der Waals surface area contributed by atoms with Gasteiger partial charge in [0.15, 0.2) is 0 Å². The van der Waals surface area contributed by atoms with E-state index in [9.17, 15) is 13.2 Å². The van der Waals surface area contributed by atoms with Crippen molar-refractivity contribution in [2.45, 2.75) is 30.2 Å². The molecule has 1 saturated carbocycles. The lowest BCUT2D eigenvalue weighted by atomic mass is 9.96. The fourth-order valence-corrected chi connectivity index (χ4v) is 4.50. The van der Waals surface area contributed by atoms with E-state index >= 15 is 0 Å². The van der Waals surface area contributed by atoms with E-state index in [1.807, 2.05) is 19.0 Å². The quantitative estimate of drug-likeness (QED) is 0.790. The highest BCUT2D eigenvalue weighted by molar-refractivity contribution is 7.89. The Kier molecular flexibility index (Phi) is 5.38. The van der Waals surface area contributed by atoms with Crippen molar-refractivity contribution in [3.63, 3.8) is 0 Å². The van der Waals surface area contributed by atoms with Crippen molar-refractivity contribution < 1.29 is 17.9 Å². The molecule has 1 aliphatic carbocycles. The Labute approximate surface area is 160 Å². The Hall–Kier alpha value is -1.84. The van der Waals surface area contributed by atoms with Crippen molar-refractivity contribution in [1.29, 1.82) is 0 Å². The summed E-state index contributed by atoms with van der Waals surface area (Å²) in [6, 6.07) is 4.58. The molecule has 8 nitrogen and oxygen atoms in total. The summed E-state index contributed by atoms with van der Waals surface area (Å²) >= 11 is 0. The third-order valence-electron chi connectivity index (χ3n) is 5.46. The lowest BCUT2D eigenvalue weighted by Gasteiger charge is -2.23. The van der Waals surface area contributed by atoms with Crippen molar-refractivity contribution in [1.82, 2.24) is 9.62 Å². The van der Waals surface area contributed by atoms with Crippen LogP contribution < -0.4 is 15.5 Å². The predicted octanol–water partition coefficient (Wildman–Crippen LogP) is 1.69. The number of rotatable bonds is 5. The Bertz CT molecular complexity index is 817. The van der Waals surface area contributed by atoms with E-state index in [-0.39, 0.29) is 22.4 Å². The fraction of sp³-hybridized carbons (Fsp3) is 0.611. The number of nitrogens with one attached hydrogen (secondary N) is 2. The molecule has 2 N–H and O–H groups in total. The first-order valence-electron chi connectivity index (χ1n) is 9.05. The number of anilines is 2. The molecule has 1 aromatic rings. The summed E-state index contributed by atoms with van der Waals surface area (Å²) in [5, 5.41) is 5.86. The van der Waals surface area contributed by atoms with Gasteiger partial charge in [-0.25, -0.2) is 17.5 Å². The van der Waals surface area contributed by atoms with Crippen LogP contribution in [-0.4, -0.2) is 66.2 Å². The molecule has 3 rings (SSSR count). The first-order chi connectivity index (χ1) is 12.7. The zero-order valence-electron chi connectivity index (χ0n) is 16.3. The highest BCUT2D eigenvalue weighted by Crippen LogP contribution is 2.53. The van der Waals surface area contributed by atoms with Gasteiger partial charge in [0, 0.05) is 47.4 Å². The Morgan fingerprint density at radius 3 is 2.44 bits per heavy atom. The number of benzene rings is 1. The number of ether oxygens (including phenoxy) is 1. The van der Waals surface area contributed by atoms with Gasteiger partial charge in [-0.3, -0.25) is 0 Å². The molecule has 27 heavy (non-hydrogen) atoms. The minimum atomic E-state index is -3.58. The van der Waals surface area contributed by atoms with Crippen molar-refractivity contribution in [2.24, 2.45) is 5.41 Å². The summed E-state index contributed by atoms with van der Waals surface area (Å²) in [6.07, 6.45) is 2.91. The second-order valence-corrected chi connectivity index (χ2v) is 9.84. The lowest BCUT2D eigenvalue weighted by molar-refractivity contribution is 0.0548. The molecule has 1 spiro atoms. The molecule has 1 aromatic carbocycles. The summed E-state index contributed by atoms with van der Waals surface area (Å²) in [4.78, 5) is 14.5. The number of amides is 2. The molecule has 150 valence electrons. The van der Waals surface area contributed by atoms with Crippen LogP contribution in [0.15, 0.2) is 23.1 Å². The third kappa shape index (κ3) is 4.04. The van der Waals surface area contributed by atoms with E-state index in [1.165, 1.54) is 20.2 Å². The largest absolute Gasteiger partial charge is 0.381 e. The average molecular weight is 397 g/mol. The maximum absolute atomic E-state index is 12.5. The van der Waals surface area contributed by atoms with Crippen LogP contribution in [-0.2, 0) is 14.8 Å². The van der Waals surface area contributed by atoms with Crippen LogP contribution in [0.4, 0.5) is 16.2 Å². The van der Waals surface area contributed by atoms with Crippen LogP contribution in [0.25, 0.3) is 0 Å². The van der Waals surface area contributed by atoms with E-state index in [0.717, 1.165) is 42.5 Å². The number of hydrogen-bond acceptors (Lipinski definition) is 5. The maximum Gasteiger partial charge on any atom is 0.319 e. The molecule has 2 amide bonds. The van der Waals surface area contributed by atoms with E-state index in [1.54, 1.807) is 12.1 Å². The summed E-state index contributed by atoms with van der Waals surface area (Å²) in [5.41, 5.74) is 1.37. The standard InChI is InChI=1S/C18H28N4O4S/c1-21(2)15-6-5-13(27(24,25)22(3)4)11-14(15)19-17(23)20-16-12-18(16)7-9-26-10-8-18/h5-6,11,16H,7-10,12H2,1-4H3,(H2,19,20,23). The average Bonchev–Trinajstić information content (AvgIpc) is 3.25. The topological polar surface area (TPSA) is 91.0 Å². The molecular weight excluding hydrogens is 368 g/mol. The van der Waals surface area contributed by atoms with Crippen molar-refractivity contribution in [3.8, 4) is 0 Å². The van der Waals surface area contributed by atoms with Crippen molar-refractivity contribution >= 4 is 27.4 Å². The number of urea groups is 1. The number of sulfonamides is 1. The molecule has 1 atom stereocenters. The lowest BCUT2D eigenvalue weighted by Crippen LogP contribution is -2.35. The van der Waals surface area contributed by atoms with Gasteiger partial charge in [0.25, 0.3) is 0 Å². The van der Waals surface area contributed by atoms with Crippen LogP contribution >= 0.6 is 0 Å². The van der Waals surface area contributed by atoms with Crippen LogP contribution in [0.2, 0.25) is 0 Å². The number of hydrogen-bond donors (Lipinski definition) is 2. The molecule has 2 fully saturated rings. The predicted molar refractivity (Wildman–Crippen MR) is 105 cm³/mol. The SMILES string of the molecule is CN(C)c1ccc(S(=O)(=O)N(C)C)cc1NC(=O)NC1CC12CCOCC2. The minimum absolute atomic E-state index is 0.140. The first-order valence-corrected chi connectivity index (χ1v) is 10.5. The number of carbonyl (C=O) groups excluding carboxylic acids is 1. The van der Waals surface area contributed by atoms with Crippen LogP contribution in [0.1, 0.15) is 19.3 Å². The molecule has 1 heterocycles. The second kappa shape index (κ2) is 7.29. The van der Waals surface area contributed by atoms with Gasteiger partial charge in [0.1, 0.15) is 0 Å². The van der Waals surface area contributed by atoms with Crippen LogP contribution in [0.3, 0.4) is 0 Å². The molecule has 9 heteroatoms. The molecule has 2 aliphatic rings. The van der Waals surface area contributed by atoms with Gasteiger partial charge >= 0.3 is 6.03 Å². The fourth-order valence-electron chi connectivity index (χ4n) is 3.58. The maximum atomic E-state index is 12.5. The monoisotopic (exact) mass is 396 g/mol. The summed E-state index contributed by atoms with van der Waals surface area (Å²) in [5.74, 6) is 0. The van der Waals surface area contributed by atoms with Gasteiger partial charge < -0.3 is 20.3 Å². The van der Waals surface area contributed by atoms with Crippen LogP contribution in [0, 0.1) is 5.41 Å². The van der Waals surface area contributed by atoms with Crippen molar-refractivity contribution in [3.05, 3.63) is 18.2 Å². The number of carbonyl (C=O) groups is 1. The highest BCUT2D eigenvalue weighted by atomic mass is 32.2. The Morgan fingerprint density at radius 1 is 1.19 bits per heavy atom. The zero-order chi connectivity index (χ0) is 19.8. The Morgan fingerprint density at radius 2 is 1.85 bits per heavy atom. The third-order valence-corrected chi connectivity index (χ3v) is 7.27. The van der Waals surface area contributed by atoms with Gasteiger partial charge in [-0.2, -0.15) is 0 Å². The number of nitrogens with zero attached hydrogens (tertiary/aromatic N) is 2. The zero-order valence-corrected chi connectivity index (χ0v) is 17.1. The molecule has 0 bridgehead atoms. The molecule has 0 radical (unpaired) electrons. The first kappa shape index (κ1) is 19.9. The van der Waals surface area contributed by atoms with Gasteiger partial charge in [-0.15, -0.1) is 0 Å². The van der Waals surface area contributed by atoms with E-state index in [2.05, 4.69) is 10.6 Å². The molecule has 1 saturated heterocycles. The van der Waals surface area contributed by atoms with Gasteiger partial charge in [-0.05, 0) is 42.9 Å². The summed E-state index contributed by atoms with van der Waals surface area (Å²) < 4.78 is 31.4.